The summed E-state index contributed by atoms with van der Waals surface area (Å²) < 4.78 is 2.47. The molecule has 0 fully saturated rings. The summed E-state index contributed by atoms with van der Waals surface area (Å²) in [5, 5.41) is 8.83. The van der Waals surface area contributed by atoms with Gasteiger partial charge in [0.25, 0.3) is 0 Å². The molecule has 0 saturated carbocycles. The van der Waals surface area contributed by atoms with Crippen LogP contribution in [0.4, 0.5) is 11.4 Å². The van der Waals surface area contributed by atoms with E-state index in [0.29, 0.717) is 0 Å². The van der Waals surface area contributed by atoms with Gasteiger partial charge in [-0.1, -0.05) is 158 Å². The minimum absolute atomic E-state index is 1.07. The first kappa shape index (κ1) is 37.1. The van der Waals surface area contributed by atoms with Gasteiger partial charge in [-0.05, 0) is 153 Å². The monoisotopic (exact) mass is 792 g/mol. The van der Waals surface area contributed by atoms with Gasteiger partial charge in [-0.15, -0.1) is 0 Å². The first-order chi connectivity index (χ1) is 30.5. The molecular weight excluding hydrogens is 749 g/mol. The highest BCUT2D eigenvalue weighted by Crippen LogP contribution is 2.42. The van der Waals surface area contributed by atoms with Crippen LogP contribution in [0.1, 0.15) is 11.1 Å². The van der Waals surface area contributed by atoms with Crippen molar-refractivity contribution >= 4 is 44.0 Å². The lowest BCUT2D eigenvalue weighted by Crippen LogP contribution is -2.00. The lowest BCUT2D eigenvalue weighted by molar-refractivity contribution is 1.18. The largest absolute Gasteiger partial charge is 0.355 e. The Morgan fingerprint density at radius 2 is 0.742 bits per heavy atom. The van der Waals surface area contributed by atoms with Gasteiger partial charge in [0.05, 0.1) is 11.0 Å². The predicted molar refractivity (Wildman–Crippen MR) is 265 cm³/mol. The quantitative estimate of drug-likeness (QED) is 0.162. The Labute approximate surface area is 363 Å². The van der Waals surface area contributed by atoms with Crippen LogP contribution in [0, 0.1) is 13.8 Å². The van der Waals surface area contributed by atoms with Crippen molar-refractivity contribution in [1.29, 1.82) is 0 Å². The van der Waals surface area contributed by atoms with Gasteiger partial charge in [-0.25, -0.2) is 0 Å². The van der Waals surface area contributed by atoms with E-state index in [1.54, 1.807) is 0 Å². The van der Waals surface area contributed by atoms with Gasteiger partial charge >= 0.3 is 0 Å². The molecule has 0 atom stereocenters. The maximum absolute atomic E-state index is 3.99. The van der Waals surface area contributed by atoms with E-state index in [1.807, 2.05) is 0 Å². The number of aryl methyl sites for hydroxylation is 2. The Morgan fingerprint density at radius 1 is 0.323 bits per heavy atom. The zero-order chi connectivity index (χ0) is 41.6. The summed E-state index contributed by atoms with van der Waals surface area (Å²) in [5.74, 6) is 0. The Balaban J connectivity index is 1.14. The van der Waals surface area contributed by atoms with Crippen molar-refractivity contribution in [1.82, 2.24) is 4.57 Å². The second kappa shape index (κ2) is 15.6. The van der Waals surface area contributed by atoms with Crippen molar-refractivity contribution in [2.24, 2.45) is 0 Å². The number of aromatic nitrogens is 1. The van der Waals surface area contributed by atoms with Gasteiger partial charge in [0, 0.05) is 33.4 Å². The molecule has 0 radical (unpaired) electrons. The SMILES string of the molecule is Cc1cc(-c2ccccc2)cc(C)c1Nc1cc2ccccc2cc1-c1cc(-c2ccccc2)cc(-n2c3ccc(-c4ccccc4)cc3c3cc(-c4ccccc4)ccc32)c1. The van der Waals surface area contributed by atoms with Gasteiger partial charge in [0.2, 0.25) is 0 Å². The second-order valence-corrected chi connectivity index (χ2v) is 16.4. The molecule has 1 N–H and O–H groups in total. The smallest absolute Gasteiger partial charge is 0.0541 e. The van der Waals surface area contributed by atoms with Crippen LogP contribution in [-0.2, 0) is 0 Å². The average molecular weight is 793 g/mol. The minimum Gasteiger partial charge on any atom is -0.355 e. The van der Waals surface area contributed by atoms with Crippen LogP contribution < -0.4 is 5.32 Å². The summed E-state index contributed by atoms with van der Waals surface area (Å²) in [4.78, 5) is 0. The molecule has 1 heterocycles. The van der Waals surface area contributed by atoms with Gasteiger partial charge < -0.3 is 9.88 Å². The standard InChI is InChI=1S/C60H44N2/c1-40-31-50(44-21-11-5-12-22-44)32-41(2)60(40)61-57-39-47-26-16-15-25-46(47)36-54(57)52-33-51(45-23-13-6-14-24-45)34-53(35-52)62-58-29-27-48(42-17-7-3-8-18-42)37-55(58)56-38-49(28-30-59(56)62)43-19-9-4-10-20-43/h3-39,61H,1-2H3. The predicted octanol–water partition coefficient (Wildman–Crippen LogP) is 16.6. The Kier molecular flexibility index (Phi) is 9.32. The number of fused-ring (bicyclic) bond motifs is 4. The van der Waals surface area contributed by atoms with E-state index in [9.17, 15) is 0 Å². The maximum atomic E-state index is 3.99. The molecule has 10 aromatic carbocycles. The third kappa shape index (κ3) is 6.82. The van der Waals surface area contributed by atoms with E-state index >= 15 is 0 Å². The molecule has 0 bridgehead atoms. The van der Waals surface area contributed by atoms with Gasteiger partial charge in [-0.3, -0.25) is 0 Å². The van der Waals surface area contributed by atoms with E-state index in [0.717, 1.165) is 33.8 Å². The lowest BCUT2D eigenvalue weighted by Gasteiger charge is -2.20. The van der Waals surface area contributed by atoms with Crippen molar-refractivity contribution in [3.63, 3.8) is 0 Å². The van der Waals surface area contributed by atoms with Crippen LogP contribution in [0.5, 0.6) is 0 Å². The van der Waals surface area contributed by atoms with E-state index < -0.39 is 0 Å². The fraction of sp³-hybridized carbons (Fsp3) is 0.0333. The minimum atomic E-state index is 1.07. The summed E-state index contributed by atoms with van der Waals surface area (Å²) in [6, 6.07) is 81.8. The van der Waals surface area contributed by atoms with Crippen LogP contribution >= 0.6 is 0 Å². The summed E-state index contributed by atoms with van der Waals surface area (Å²) >= 11 is 0. The molecule has 0 aliphatic heterocycles. The van der Waals surface area contributed by atoms with Crippen LogP contribution in [-0.4, -0.2) is 4.57 Å². The summed E-state index contributed by atoms with van der Waals surface area (Å²) in [6.07, 6.45) is 0. The molecule has 11 rings (SSSR count). The van der Waals surface area contributed by atoms with Crippen molar-refractivity contribution in [3.8, 4) is 61.3 Å². The van der Waals surface area contributed by atoms with Crippen molar-refractivity contribution in [2.75, 3.05) is 5.32 Å². The van der Waals surface area contributed by atoms with Gasteiger partial charge in [0.15, 0.2) is 0 Å². The molecule has 62 heavy (non-hydrogen) atoms. The topological polar surface area (TPSA) is 17.0 Å². The molecule has 1 aromatic heterocycles. The summed E-state index contributed by atoms with van der Waals surface area (Å²) in [7, 11) is 0. The highest BCUT2D eigenvalue weighted by Gasteiger charge is 2.19. The maximum Gasteiger partial charge on any atom is 0.0541 e. The zero-order valence-electron chi connectivity index (χ0n) is 34.8. The normalized spacial score (nSPS) is 11.4. The molecule has 0 aliphatic carbocycles. The lowest BCUT2D eigenvalue weighted by atomic mass is 9.94. The molecule has 0 amide bonds. The average Bonchev–Trinajstić information content (AvgIpc) is 3.66. The van der Waals surface area contributed by atoms with Crippen molar-refractivity contribution < 1.29 is 0 Å². The zero-order valence-corrected chi connectivity index (χ0v) is 34.8. The Morgan fingerprint density at radius 3 is 1.24 bits per heavy atom. The van der Waals surface area contributed by atoms with Gasteiger partial charge in [-0.2, -0.15) is 0 Å². The molecule has 2 nitrogen and oxygen atoms in total. The van der Waals surface area contributed by atoms with Crippen LogP contribution in [0.15, 0.2) is 224 Å². The molecule has 0 aliphatic rings. The molecule has 2 heteroatoms. The third-order valence-corrected chi connectivity index (χ3v) is 12.4. The molecule has 0 saturated heterocycles. The number of rotatable bonds is 8. The molecule has 11 aromatic rings. The van der Waals surface area contributed by atoms with E-state index in [1.165, 1.54) is 82.6 Å². The number of nitrogens with one attached hydrogen (secondary N) is 1. The van der Waals surface area contributed by atoms with E-state index in [-0.39, 0.29) is 0 Å². The van der Waals surface area contributed by atoms with E-state index in [2.05, 4.69) is 248 Å². The molecule has 0 unspecified atom stereocenters. The summed E-state index contributed by atoms with van der Waals surface area (Å²) in [5.41, 5.74) is 20.0. The van der Waals surface area contributed by atoms with Crippen LogP contribution in [0.3, 0.4) is 0 Å². The van der Waals surface area contributed by atoms with Crippen LogP contribution in [0.25, 0.3) is 93.9 Å². The number of hydrogen-bond acceptors (Lipinski definition) is 1. The second-order valence-electron chi connectivity index (χ2n) is 16.4. The molecule has 0 spiro atoms. The molecular formula is C60H44N2. The number of benzene rings is 10. The highest BCUT2D eigenvalue weighted by molar-refractivity contribution is 6.12. The third-order valence-electron chi connectivity index (χ3n) is 12.4. The first-order valence-electron chi connectivity index (χ1n) is 21.4. The van der Waals surface area contributed by atoms with Crippen molar-refractivity contribution in [2.45, 2.75) is 13.8 Å². The fourth-order valence-corrected chi connectivity index (χ4v) is 9.29. The van der Waals surface area contributed by atoms with Gasteiger partial charge in [0.1, 0.15) is 0 Å². The first-order valence-corrected chi connectivity index (χ1v) is 21.4. The highest BCUT2D eigenvalue weighted by atomic mass is 15.0. The number of hydrogen-bond donors (Lipinski definition) is 1. The Hall–Kier alpha value is -7.94. The van der Waals surface area contributed by atoms with Crippen LogP contribution in [0.2, 0.25) is 0 Å². The molecule has 294 valence electrons. The summed E-state index contributed by atoms with van der Waals surface area (Å²) in [6.45, 7) is 4.43. The van der Waals surface area contributed by atoms with Crippen molar-refractivity contribution in [3.05, 3.63) is 236 Å². The number of nitrogens with zero attached hydrogens (tertiary/aromatic N) is 1. The Bertz CT molecular complexity index is 3300. The fourth-order valence-electron chi connectivity index (χ4n) is 9.29. The van der Waals surface area contributed by atoms with E-state index in [4.69, 9.17) is 0 Å². The number of anilines is 2.